The predicted octanol–water partition coefficient (Wildman–Crippen LogP) is 8.86. The van der Waals surface area contributed by atoms with Gasteiger partial charge < -0.3 is 14.4 Å². The minimum absolute atomic E-state index is 0.0324. The average Bonchev–Trinajstić information content (AvgIpc) is 3.89. The Balaban J connectivity index is 1.40. The molecule has 4 nitrogen and oxygen atoms in total. The lowest BCUT2D eigenvalue weighted by molar-refractivity contribution is 0.499. The Kier molecular flexibility index (Phi) is 7.10. The van der Waals surface area contributed by atoms with Crippen LogP contribution in [0, 0.1) is 5.92 Å². The number of nitrogens with zero attached hydrogens (tertiary/aromatic N) is 1. The second-order valence-electron chi connectivity index (χ2n) is 15.4. The summed E-state index contributed by atoms with van der Waals surface area (Å²) in [6, 6.07) is 30.8. The van der Waals surface area contributed by atoms with Gasteiger partial charge in [0, 0.05) is 28.7 Å². The van der Waals surface area contributed by atoms with Crippen molar-refractivity contribution in [2.75, 3.05) is 0 Å². The van der Waals surface area contributed by atoms with Crippen molar-refractivity contribution in [2.45, 2.75) is 64.3 Å². The van der Waals surface area contributed by atoms with Crippen LogP contribution in [0.15, 0.2) is 131 Å². The monoisotopic (exact) mass is 629 g/mol. The van der Waals surface area contributed by atoms with E-state index in [4.69, 9.17) is 9.41 Å². The lowest BCUT2D eigenvalue weighted by Crippen LogP contribution is -2.21. The molecule has 48 heavy (non-hydrogen) atoms. The van der Waals surface area contributed by atoms with E-state index in [0.717, 1.165) is 55.9 Å². The molecule has 2 N–H and O–H groups in total. The number of hydrogen-bond acceptors (Lipinski definition) is 2. The third-order valence-corrected chi connectivity index (χ3v) is 10.0. The molecular weight excluding hydrogens is 587 g/mol. The Morgan fingerprint density at radius 3 is 1.73 bits per heavy atom. The number of benzene rings is 2. The highest BCUT2D eigenvalue weighted by atomic mass is 16.3. The number of nitrogens with one attached hydrogen (secondary N) is 2. The van der Waals surface area contributed by atoms with Gasteiger partial charge in [0.1, 0.15) is 10.8 Å². The molecule has 5 heterocycles. The minimum Gasteiger partial charge on any atom is -0.456 e. The summed E-state index contributed by atoms with van der Waals surface area (Å²) in [5, 5.41) is 0. The first kappa shape index (κ1) is 30.3. The Morgan fingerprint density at radius 1 is 0.562 bits per heavy atom. The third kappa shape index (κ3) is 5.39. The lowest BCUT2D eigenvalue weighted by Gasteiger charge is -2.24. The van der Waals surface area contributed by atoms with Crippen LogP contribution >= 0.6 is 0 Å². The molecule has 240 valence electrons. The highest BCUT2D eigenvalue weighted by Gasteiger charge is 2.32. The number of allylic oxidation sites excluding steroid dienone is 5. The van der Waals surface area contributed by atoms with Crippen molar-refractivity contribution in [3.8, 4) is 11.4 Å². The third-order valence-electron chi connectivity index (χ3n) is 10.0. The first-order chi connectivity index (χ1) is 23.0. The van der Waals surface area contributed by atoms with Crippen LogP contribution in [-0.4, -0.2) is 21.7 Å². The fourth-order valence-electron chi connectivity index (χ4n) is 7.28. The molecule has 0 saturated heterocycles. The predicted molar refractivity (Wildman–Crippen MR) is 198 cm³/mol. The van der Waals surface area contributed by atoms with Gasteiger partial charge in [0.25, 0.3) is 0 Å². The summed E-state index contributed by atoms with van der Waals surface area (Å²) in [5.74, 6) is 0.368. The van der Waals surface area contributed by atoms with Gasteiger partial charge in [0.15, 0.2) is 0 Å². The molecule has 8 rings (SSSR count). The number of furan rings is 1. The van der Waals surface area contributed by atoms with Crippen molar-refractivity contribution in [2.24, 2.45) is 10.9 Å². The average molecular weight is 630 g/mol. The first-order valence-electron chi connectivity index (χ1n) is 17.1. The highest BCUT2D eigenvalue weighted by Crippen LogP contribution is 2.38. The summed E-state index contributed by atoms with van der Waals surface area (Å²) in [6.07, 6.45) is 13.3. The number of H-pyrrole nitrogens is 2. The fraction of sp³-hybridized carbons (Fsp3) is 0.250. The van der Waals surface area contributed by atoms with E-state index in [0.29, 0.717) is 0 Å². The summed E-state index contributed by atoms with van der Waals surface area (Å²) in [5.41, 5.74) is 13.8. The largest absolute Gasteiger partial charge is 0.456 e. The molecule has 0 radical (unpaired) electrons. The number of hydrogen-bond donors (Lipinski definition) is 2. The molecule has 2 aromatic carbocycles. The maximum atomic E-state index is 6.92. The topological polar surface area (TPSA) is 57.1 Å². The van der Waals surface area contributed by atoms with E-state index < -0.39 is 0 Å². The SMILES string of the molecule is CC(C)(C)c1ccc(/C2=c3\cc/c(o3)=C(\c3ccc(C(C)(C)C)cc3)c3ccc([nH]3)-c3ccc([nH]3)C(C3C=CC=C3)C3C=CC2=N3)cc1. The molecule has 2 aliphatic heterocycles. The molecule has 8 bridgehead atoms. The molecule has 3 aromatic heterocycles. The van der Waals surface area contributed by atoms with Crippen molar-refractivity contribution in [3.63, 3.8) is 0 Å². The molecule has 0 saturated carbocycles. The van der Waals surface area contributed by atoms with Crippen LogP contribution in [0.1, 0.15) is 81.1 Å². The number of fused-ring (bicyclic) bond motifs is 8. The van der Waals surface area contributed by atoms with Gasteiger partial charge in [0.05, 0.1) is 28.8 Å². The lowest BCUT2D eigenvalue weighted by atomic mass is 9.84. The molecule has 1 aliphatic carbocycles. The fourth-order valence-corrected chi connectivity index (χ4v) is 7.28. The van der Waals surface area contributed by atoms with Crippen LogP contribution < -0.4 is 10.8 Å². The van der Waals surface area contributed by atoms with E-state index in [2.05, 4.69) is 173 Å². The standard InChI is InChI=1S/C44H43N3O/c1-43(2,3)30-15-11-28(12-16-30)41-36-22-20-33(46-36)32-19-21-34(45-32)40(27-9-7-8-10-27)35-23-24-37(47-35)42(39-26-25-38(41)48-39)29-13-17-31(18-14-29)44(4,5)6/h7-27,35,40,45-46H,1-6H3/b41-38-,42-39-. The maximum Gasteiger partial charge on any atom is 0.137 e. The summed E-state index contributed by atoms with van der Waals surface area (Å²) in [4.78, 5) is 13.0. The molecule has 2 atom stereocenters. The van der Waals surface area contributed by atoms with E-state index in [-0.39, 0.29) is 28.7 Å². The molecule has 0 amide bonds. The quantitative estimate of drug-likeness (QED) is 0.206. The van der Waals surface area contributed by atoms with Gasteiger partial charge in [-0.1, -0.05) is 120 Å². The molecular formula is C44H43N3O. The Labute approximate surface area is 283 Å². The maximum absolute atomic E-state index is 6.92. The van der Waals surface area contributed by atoms with Crippen molar-refractivity contribution < 1.29 is 4.42 Å². The summed E-state index contributed by atoms with van der Waals surface area (Å²) >= 11 is 0. The normalized spacial score (nSPS) is 21.4. The Bertz CT molecular complexity index is 2240. The summed E-state index contributed by atoms with van der Waals surface area (Å²) < 4.78 is 6.92. The van der Waals surface area contributed by atoms with Crippen LogP contribution in [0.25, 0.3) is 22.5 Å². The zero-order valence-corrected chi connectivity index (χ0v) is 28.6. The zero-order chi connectivity index (χ0) is 33.2. The number of rotatable bonds is 3. The van der Waals surface area contributed by atoms with Gasteiger partial charge in [-0.15, -0.1) is 0 Å². The van der Waals surface area contributed by atoms with Gasteiger partial charge >= 0.3 is 0 Å². The van der Waals surface area contributed by atoms with Gasteiger partial charge in [0.2, 0.25) is 0 Å². The van der Waals surface area contributed by atoms with E-state index in [9.17, 15) is 0 Å². The van der Waals surface area contributed by atoms with E-state index in [1.54, 1.807) is 0 Å². The second kappa shape index (κ2) is 11.3. The minimum atomic E-state index is -0.0324. The molecule has 2 unspecified atom stereocenters. The summed E-state index contributed by atoms with van der Waals surface area (Å²) in [6.45, 7) is 13.5. The Morgan fingerprint density at radius 2 is 1.10 bits per heavy atom. The van der Waals surface area contributed by atoms with Gasteiger partial charge in [-0.05, 0) is 75.6 Å². The zero-order valence-electron chi connectivity index (χ0n) is 28.6. The van der Waals surface area contributed by atoms with Crippen LogP contribution in [0.2, 0.25) is 0 Å². The smallest absolute Gasteiger partial charge is 0.137 e. The van der Waals surface area contributed by atoms with Crippen molar-refractivity contribution in [1.82, 2.24) is 9.97 Å². The van der Waals surface area contributed by atoms with Crippen molar-refractivity contribution in [1.29, 1.82) is 0 Å². The number of aliphatic imine (C=N–C) groups is 1. The molecule has 3 aliphatic rings. The molecule has 0 fully saturated rings. The van der Waals surface area contributed by atoms with E-state index in [1.807, 2.05) is 0 Å². The van der Waals surface area contributed by atoms with Crippen LogP contribution in [0.3, 0.4) is 0 Å². The van der Waals surface area contributed by atoms with Gasteiger partial charge in [-0.25, -0.2) is 0 Å². The highest BCUT2D eigenvalue weighted by molar-refractivity contribution is 6.29. The van der Waals surface area contributed by atoms with Crippen molar-refractivity contribution in [3.05, 3.63) is 166 Å². The van der Waals surface area contributed by atoms with E-state index in [1.165, 1.54) is 16.8 Å². The number of aromatic amines is 2. The second-order valence-corrected chi connectivity index (χ2v) is 15.4. The Hall–Kier alpha value is -5.09. The van der Waals surface area contributed by atoms with Crippen LogP contribution in [0.4, 0.5) is 0 Å². The molecule has 5 aromatic rings. The van der Waals surface area contributed by atoms with Crippen LogP contribution in [-0.2, 0) is 10.8 Å². The van der Waals surface area contributed by atoms with Crippen LogP contribution in [0.5, 0.6) is 0 Å². The molecule has 0 spiro atoms. The van der Waals surface area contributed by atoms with Gasteiger partial charge in [-0.3, -0.25) is 4.99 Å². The summed E-state index contributed by atoms with van der Waals surface area (Å²) in [7, 11) is 0. The molecule has 4 heteroatoms. The van der Waals surface area contributed by atoms with Crippen molar-refractivity contribution >= 4 is 16.9 Å². The van der Waals surface area contributed by atoms with E-state index >= 15 is 0 Å². The first-order valence-corrected chi connectivity index (χ1v) is 17.1. The van der Waals surface area contributed by atoms with Gasteiger partial charge in [-0.2, -0.15) is 0 Å². The number of aromatic nitrogens is 2.